The van der Waals surface area contributed by atoms with Gasteiger partial charge in [-0.05, 0) is 54.4 Å². The highest BCUT2D eigenvalue weighted by Gasteiger charge is 2.21. The number of carbonyl (C=O) groups is 2. The van der Waals surface area contributed by atoms with Crippen LogP contribution in [0, 0.1) is 21.4 Å². The molecule has 43 heavy (non-hydrogen) atoms. The summed E-state index contributed by atoms with van der Waals surface area (Å²) in [7, 11) is 0. The van der Waals surface area contributed by atoms with E-state index in [1.165, 1.54) is 36.5 Å². The molecule has 5 rings (SSSR count). The number of nitriles is 1. The van der Waals surface area contributed by atoms with Crippen molar-refractivity contribution in [1.82, 2.24) is 10.4 Å². The lowest BCUT2D eigenvalue weighted by molar-refractivity contribution is -0.384. The topological polar surface area (TPSA) is 160 Å². The van der Waals surface area contributed by atoms with E-state index in [9.17, 15) is 25.0 Å². The van der Waals surface area contributed by atoms with Gasteiger partial charge in [-0.1, -0.05) is 42.5 Å². The average molecular weight is 574 g/mol. The number of esters is 1. The van der Waals surface area contributed by atoms with Crippen molar-refractivity contribution in [3.63, 3.8) is 0 Å². The fourth-order valence-electron chi connectivity index (χ4n) is 4.44. The van der Waals surface area contributed by atoms with E-state index in [1.54, 1.807) is 31.2 Å². The van der Waals surface area contributed by atoms with E-state index >= 15 is 0 Å². The van der Waals surface area contributed by atoms with Crippen molar-refractivity contribution in [3.8, 4) is 28.7 Å². The number of carbonyl (C=O) groups excluding carboxylic acids is 2. The van der Waals surface area contributed by atoms with E-state index in [-0.39, 0.29) is 35.1 Å². The summed E-state index contributed by atoms with van der Waals surface area (Å²) in [5, 5.41) is 25.3. The third-order valence-corrected chi connectivity index (χ3v) is 6.41. The summed E-state index contributed by atoms with van der Waals surface area (Å²) in [6.07, 6.45) is 1.41. The normalized spacial score (nSPS) is 10.8. The van der Waals surface area contributed by atoms with Crippen LogP contribution in [0.3, 0.4) is 0 Å². The summed E-state index contributed by atoms with van der Waals surface area (Å²) in [4.78, 5) is 39.3. The molecule has 0 saturated heterocycles. The van der Waals surface area contributed by atoms with Crippen LogP contribution in [0.1, 0.15) is 38.9 Å². The number of nitro groups is 1. The van der Waals surface area contributed by atoms with Gasteiger partial charge in [0.2, 0.25) is 0 Å². The molecule has 0 aliphatic heterocycles. The second kappa shape index (κ2) is 12.5. The predicted octanol–water partition coefficient (Wildman–Crippen LogP) is 6.00. The highest BCUT2D eigenvalue weighted by atomic mass is 16.6. The maximum absolute atomic E-state index is 13.3. The first kappa shape index (κ1) is 28.3. The Morgan fingerprint density at radius 1 is 1.02 bits per heavy atom. The molecule has 2 N–H and O–H groups in total. The Morgan fingerprint density at radius 2 is 1.79 bits per heavy atom. The lowest BCUT2D eigenvalue weighted by atomic mass is 10.0. The molecule has 212 valence electrons. The molecule has 1 amide bonds. The summed E-state index contributed by atoms with van der Waals surface area (Å²) < 4.78 is 11.1. The molecule has 11 nitrogen and oxygen atoms in total. The molecule has 0 spiro atoms. The zero-order valence-corrected chi connectivity index (χ0v) is 22.7. The molecule has 4 aromatic carbocycles. The lowest BCUT2D eigenvalue weighted by Crippen LogP contribution is -2.19. The van der Waals surface area contributed by atoms with Crippen molar-refractivity contribution in [2.45, 2.75) is 6.92 Å². The monoisotopic (exact) mass is 573 g/mol. The van der Waals surface area contributed by atoms with E-state index in [4.69, 9.17) is 9.47 Å². The molecular weight excluding hydrogens is 550 g/mol. The third-order valence-electron chi connectivity index (χ3n) is 6.41. The second-order valence-electron chi connectivity index (χ2n) is 9.11. The zero-order valence-electron chi connectivity index (χ0n) is 22.7. The Morgan fingerprint density at radius 3 is 2.49 bits per heavy atom. The molecule has 0 bridgehead atoms. The number of hydrogen-bond acceptors (Lipinski definition) is 8. The Bertz CT molecular complexity index is 1910. The number of ether oxygens (including phenoxy) is 2. The minimum Gasteiger partial charge on any atom is -0.490 e. The number of non-ortho nitro benzene ring substituents is 1. The van der Waals surface area contributed by atoms with E-state index in [0.717, 1.165) is 10.9 Å². The van der Waals surface area contributed by atoms with Gasteiger partial charge in [0.15, 0.2) is 11.5 Å². The maximum atomic E-state index is 13.3. The Hall–Kier alpha value is -6.28. The van der Waals surface area contributed by atoms with E-state index in [2.05, 4.69) is 21.6 Å². The largest absolute Gasteiger partial charge is 0.490 e. The van der Waals surface area contributed by atoms with Crippen molar-refractivity contribution in [2.24, 2.45) is 5.10 Å². The Balaban J connectivity index is 1.36. The fraction of sp³-hybridized carbons (Fsp3) is 0.0625. The van der Waals surface area contributed by atoms with Crippen molar-refractivity contribution in [1.29, 1.82) is 5.26 Å². The quantitative estimate of drug-likeness (QED) is 0.0719. The van der Waals surface area contributed by atoms with Crippen LogP contribution in [0.5, 0.6) is 11.5 Å². The molecule has 0 fully saturated rings. The first-order valence-electron chi connectivity index (χ1n) is 13.1. The van der Waals surface area contributed by atoms with E-state index in [1.807, 2.05) is 36.4 Å². The van der Waals surface area contributed by atoms with Gasteiger partial charge in [0.1, 0.15) is 11.8 Å². The molecule has 0 aliphatic rings. The van der Waals surface area contributed by atoms with Crippen LogP contribution >= 0.6 is 0 Å². The van der Waals surface area contributed by atoms with Crippen molar-refractivity contribution in [2.75, 3.05) is 6.61 Å². The minimum atomic E-state index is -0.711. The van der Waals surface area contributed by atoms with Crippen LogP contribution in [0.25, 0.3) is 22.0 Å². The summed E-state index contributed by atoms with van der Waals surface area (Å²) >= 11 is 0. The fourth-order valence-corrected chi connectivity index (χ4v) is 4.44. The number of hydrogen-bond donors (Lipinski definition) is 2. The minimum absolute atomic E-state index is 0.134. The number of para-hydroxylation sites is 1. The number of nitrogens with one attached hydrogen (secondary N) is 2. The van der Waals surface area contributed by atoms with Gasteiger partial charge in [0.05, 0.1) is 34.4 Å². The first-order valence-corrected chi connectivity index (χ1v) is 13.1. The molecule has 0 unspecified atom stereocenters. The number of nitrogens with zero attached hydrogens (tertiary/aromatic N) is 3. The molecule has 0 saturated carbocycles. The number of benzene rings is 4. The van der Waals surface area contributed by atoms with E-state index < -0.39 is 16.8 Å². The van der Waals surface area contributed by atoms with Gasteiger partial charge in [0.25, 0.3) is 11.6 Å². The SMILES string of the molecule is CCOc1cc(C=NNC(=O)c2[nH]c3c(C#N)cccc3c2-c2ccccc2)ccc1OC(=O)c1ccc([N+](=O)[O-])cc1. The van der Waals surface area contributed by atoms with Gasteiger partial charge in [0, 0.05) is 23.1 Å². The summed E-state index contributed by atoms with van der Waals surface area (Å²) in [6.45, 7) is 2.05. The molecule has 1 aromatic heterocycles. The number of hydrazone groups is 1. The molecule has 0 aliphatic carbocycles. The average Bonchev–Trinajstić information content (AvgIpc) is 3.43. The Labute approximate surface area is 245 Å². The second-order valence-corrected chi connectivity index (χ2v) is 9.11. The van der Waals surface area contributed by atoms with Crippen molar-refractivity contribution >= 4 is 34.7 Å². The number of aromatic nitrogens is 1. The summed E-state index contributed by atoms with van der Waals surface area (Å²) in [5.74, 6) is -0.810. The molecule has 0 radical (unpaired) electrons. The number of H-pyrrole nitrogens is 1. The molecule has 11 heteroatoms. The molecular formula is C32H23N5O6. The van der Waals surface area contributed by atoms with Gasteiger partial charge in [-0.2, -0.15) is 10.4 Å². The highest BCUT2D eigenvalue weighted by molar-refractivity contribution is 6.10. The summed E-state index contributed by atoms with van der Waals surface area (Å²) in [6, 6.07) is 26.6. The number of amides is 1. The van der Waals surface area contributed by atoms with Crippen LogP contribution in [0.4, 0.5) is 5.69 Å². The van der Waals surface area contributed by atoms with Gasteiger partial charge < -0.3 is 14.5 Å². The first-order chi connectivity index (χ1) is 20.9. The number of nitro benzene ring substituents is 1. The van der Waals surface area contributed by atoms with Crippen molar-refractivity contribution in [3.05, 3.63) is 123 Å². The van der Waals surface area contributed by atoms with Gasteiger partial charge in [-0.15, -0.1) is 0 Å². The van der Waals surface area contributed by atoms with Crippen molar-refractivity contribution < 1.29 is 24.0 Å². The standard InChI is InChI=1S/C32H23N5O6/c1-2-42-27-17-20(11-16-26(27)43-32(39)22-12-14-24(15-13-22)37(40)41)19-34-36-31(38)30-28(21-7-4-3-5-8-21)25-10-6-9-23(18-33)29(25)35-30/h3-17,19,35H,2H2,1H3,(H,36,38). The van der Waals surface area contributed by atoms with E-state index in [0.29, 0.717) is 22.2 Å². The number of fused-ring (bicyclic) bond motifs is 1. The smallest absolute Gasteiger partial charge is 0.343 e. The zero-order chi connectivity index (χ0) is 30.3. The number of aromatic amines is 1. The third kappa shape index (κ3) is 6.08. The number of rotatable bonds is 9. The molecule has 5 aromatic rings. The van der Waals surface area contributed by atoms with Crippen LogP contribution in [-0.2, 0) is 0 Å². The van der Waals surface area contributed by atoms with Gasteiger partial charge in [-0.25, -0.2) is 10.2 Å². The van der Waals surface area contributed by atoms with Gasteiger partial charge in [-0.3, -0.25) is 14.9 Å². The van der Waals surface area contributed by atoms with Crippen LogP contribution < -0.4 is 14.9 Å². The summed E-state index contributed by atoms with van der Waals surface area (Å²) in [5.41, 5.74) is 5.74. The highest BCUT2D eigenvalue weighted by Crippen LogP contribution is 2.34. The lowest BCUT2D eigenvalue weighted by Gasteiger charge is -2.11. The van der Waals surface area contributed by atoms with Crippen LogP contribution in [0.15, 0.2) is 96.1 Å². The van der Waals surface area contributed by atoms with Gasteiger partial charge >= 0.3 is 5.97 Å². The van der Waals surface area contributed by atoms with Crippen LogP contribution in [0.2, 0.25) is 0 Å². The molecule has 0 atom stereocenters. The molecule has 1 heterocycles. The Kier molecular flexibility index (Phi) is 8.21. The van der Waals surface area contributed by atoms with Crippen LogP contribution in [-0.4, -0.2) is 34.6 Å². The predicted molar refractivity (Wildman–Crippen MR) is 159 cm³/mol. The maximum Gasteiger partial charge on any atom is 0.343 e.